The van der Waals surface area contributed by atoms with Crippen molar-refractivity contribution in [2.75, 3.05) is 0 Å². The zero-order chi connectivity index (χ0) is 21.3. The Morgan fingerprint density at radius 3 is 2.57 bits per heavy atom. The number of hydrogen-bond donors (Lipinski definition) is 0. The van der Waals surface area contributed by atoms with E-state index in [1.165, 1.54) is 0 Å². The maximum Gasteiger partial charge on any atom is 0.150 e. The molecule has 0 aliphatic carbocycles. The predicted molar refractivity (Wildman–Crippen MR) is 119 cm³/mol. The number of hydrogen-bond acceptors (Lipinski definition) is 4. The van der Waals surface area contributed by atoms with Gasteiger partial charge in [-0.1, -0.05) is 30.3 Å². The lowest BCUT2D eigenvalue weighted by atomic mass is 9.90. The standard InChI is InChI=1S/C26H28O4/c1-16(2)29-25-12-20(14-27)11-24-22(25)13-21-18(4)30-17(3)10-23(21)26(24)28-15-19-8-6-5-7-9-19/h5-9,11-14,16-18H,10,15H2,1-4H3/t17-,18+/m0/s1. The monoisotopic (exact) mass is 404 g/mol. The van der Waals surface area contributed by atoms with Crippen LogP contribution < -0.4 is 9.47 Å². The summed E-state index contributed by atoms with van der Waals surface area (Å²) in [6, 6.07) is 16.0. The third kappa shape index (κ3) is 4.05. The van der Waals surface area contributed by atoms with Gasteiger partial charge in [-0.2, -0.15) is 0 Å². The van der Waals surface area contributed by atoms with Gasteiger partial charge < -0.3 is 14.2 Å². The lowest BCUT2D eigenvalue weighted by Crippen LogP contribution is -2.23. The van der Waals surface area contributed by atoms with Crippen molar-refractivity contribution in [2.24, 2.45) is 0 Å². The number of carbonyl (C=O) groups is 1. The number of benzene rings is 3. The second kappa shape index (κ2) is 8.49. The van der Waals surface area contributed by atoms with Gasteiger partial charge in [-0.05, 0) is 57.0 Å². The van der Waals surface area contributed by atoms with E-state index in [0.717, 1.165) is 45.9 Å². The van der Waals surface area contributed by atoms with Gasteiger partial charge in [0.15, 0.2) is 0 Å². The van der Waals surface area contributed by atoms with Crippen molar-refractivity contribution in [1.82, 2.24) is 0 Å². The smallest absolute Gasteiger partial charge is 0.150 e. The SMILES string of the molecule is CC(C)Oc1cc(C=O)cc2c(OCc3ccccc3)c3c(cc12)[C@@H](C)O[C@@H](C)C3. The third-order valence-corrected chi connectivity index (χ3v) is 5.42. The van der Waals surface area contributed by atoms with Crippen molar-refractivity contribution in [1.29, 1.82) is 0 Å². The van der Waals surface area contributed by atoms with E-state index < -0.39 is 0 Å². The largest absolute Gasteiger partial charge is 0.490 e. The molecule has 0 N–H and O–H groups in total. The zero-order valence-electron chi connectivity index (χ0n) is 18.0. The summed E-state index contributed by atoms with van der Waals surface area (Å²) in [6.07, 6.45) is 1.69. The first-order valence-corrected chi connectivity index (χ1v) is 10.5. The van der Waals surface area contributed by atoms with Crippen molar-refractivity contribution in [3.8, 4) is 11.5 Å². The Bertz CT molecular complexity index is 1060. The van der Waals surface area contributed by atoms with E-state index in [-0.39, 0.29) is 18.3 Å². The van der Waals surface area contributed by atoms with Gasteiger partial charge >= 0.3 is 0 Å². The molecule has 0 bridgehead atoms. The van der Waals surface area contributed by atoms with Gasteiger partial charge in [-0.25, -0.2) is 0 Å². The van der Waals surface area contributed by atoms with E-state index in [9.17, 15) is 4.79 Å². The van der Waals surface area contributed by atoms with Gasteiger partial charge in [-0.3, -0.25) is 4.79 Å². The molecule has 0 amide bonds. The van der Waals surface area contributed by atoms with E-state index in [4.69, 9.17) is 14.2 Å². The van der Waals surface area contributed by atoms with Crippen LogP contribution in [0.5, 0.6) is 11.5 Å². The molecule has 0 fully saturated rings. The molecule has 0 aromatic heterocycles. The molecule has 4 rings (SSSR count). The van der Waals surface area contributed by atoms with Crippen LogP contribution in [0.3, 0.4) is 0 Å². The molecule has 3 aromatic carbocycles. The van der Waals surface area contributed by atoms with Crippen LogP contribution in [0.1, 0.15) is 60.8 Å². The normalized spacial score (nSPS) is 18.3. The molecule has 1 aliphatic heterocycles. The summed E-state index contributed by atoms with van der Waals surface area (Å²) in [6.45, 7) is 8.58. The molecule has 1 heterocycles. The summed E-state index contributed by atoms with van der Waals surface area (Å²) in [5.41, 5.74) is 3.96. The zero-order valence-corrected chi connectivity index (χ0v) is 18.0. The highest BCUT2D eigenvalue weighted by Crippen LogP contribution is 2.44. The highest BCUT2D eigenvalue weighted by Gasteiger charge is 2.28. The Labute approximate surface area is 177 Å². The molecule has 0 saturated heterocycles. The minimum absolute atomic E-state index is 0.00600. The van der Waals surface area contributed by atoms with Crippen LogP contribution in [0.15, 0.2) is 48.5 Å². The Kier molecular flexibility index (Phi) is 5.78. The average Bonchev–Trinajstić information content (AvgIpc) is 2.72. The van der Waals surface area contributed by atoms with Crippen molar-refractivity contribution in [2.45, 2.75) is 59.0 Å². The van der Waals surface area contributed by atoms with Gasteiger partial charge in [0, 0.05) is 28.3 Å². The molecular weight excluding hydrogens is 376 g/mol. The summed E-state index contributed by atoms with van der Waals surface area (Å²) < 4.78 is 18.6. The molecule has 0 radical (unpaired) electrons. The van der Waals surface area contributed by atoms with E-state index >= 15 is 0 Å². The molecule has 3 aromatic rings. The van der Waals surface area contributed by atoms with Crippen molar-refractivity contribution >= 4 is 17.1 Å². The van der Waals surface area contributed by atoms with E-state index in [0.29, 0.717) is 17.9 Å². The minimum atomic E-state index is -0.0372. The number of fused-ring (bicyclic) bond motifs is 2. The molecule has 0 unspecified atom stereocenters. The summed E-state index contributed by atoms with van der Waals surface area (Å²) >= 11 is 0. The first kappa shape index (κ1) is 20.4. The number of rotatable bonds is 6. The fourth-order valence-corrected chi connectivity index (χ4v) is 4.17. The van der Waals surface area contributed by atoms with Crippen molar-refractivity contribution in [3.05, 3.63) is 70.8 Å². The average molecular weight is 405 g/mol. The summed E-state index contributed by atoms with van der Waals surface area (Å²) in [5.74, 6) is 1.52. The summed E-state index contributed by atoms with van der Waals surface area (Å²) in [5, 5.41) is 1.85. The highest BCUT2D eigenvalue weighted by atomic mass is 16.5. The minimum Gasteiger partial charge on any atom is -0.490 e. The van der Waals surface area contributed by atoms with E-state index in [2.05, 4.69) is 32.0 Å². The van der Waals surface area contributed by atoms with Crippen LogP contribution in [-0.4, -0.2) is 18.5 Å². The van der Waals surface area contributed by atoms with Crippen LogP contribution in [0, 0.1) is 0 Å². The van der Waals surface area contributed by atoms with E-state index in [1.807, 2.05) is 38.1 Å². The molecule has 156 valence electrons. The van der Waals surface area contributed by atoms with Crippen LogP contribution >= 0.6 is 0 Å². The third-order valence-electron chi connectivity index (χ3n) is 5.42. The molecule has 0 spiro atoms. The summed E-state index contributed by atoms with van der Waals surface area (Å²) in [4.78, 5) is 11.7. The van der Waals surface area contributed by atoms with Gasteiger partial charge in [0.05, 0.1) is 18.3 Å². The van der Waals surface area contributed by atoms with Crippen molar-refractivity contribution in [3.63, 3.8) is 0 Å². The lowest BCUT2D eigenvalue weighted by molar-refractivity contribution is -0.00537. The maximum atomic E-state index is 11.7. The fraction of sp³-hybridized carbons (Fsp3) is 0.346. The van der Waals surface area contributed by atoms with Gasteiger partial charge in [0.25, 0.3) is 0 Å². The Hall–Kier alpha value is -2.85. The van der Waals surface area contributed by atoms with Gasteiger partial charge in [-0.15, -0.1) is 0 Å². The van der Waals surface area contributed by atoms with Gasteiger partial charge in [0.2, 0.25) is 0 Å². The second-order valence-electron chi connectivity index (χ2n) is 8.24. The topological polar surface area (TPSA) is 44.8 Å². The molecule has 2 atom stereocenters. The highest BCUT2D eigenvalue weighted by molar-refractivity contribution is 5.99. The Morgan fingerprint density at radius 1 is 1.10 bits per heavy atom. The predicted octanol–water partition coefficient (Wildman–Crippen LogP) is 6.04. The number of aldehydes is 1. The molecular formula is C26H28O4. The first-order valence-electron chi connectivity index (χ1n) is 10.5. The van der Waals surface area contributed by atoms with Crippen LogP contribution in [0.25, 0.3) is 10.8 Å². The lowest BCUT2D eigenvalue weighted by Gasteiger charge is -2.31. The molecule has 1 aliphatic rings. The molecule has 30 heavy (non-hydrogen) atoms. The molecule has 0 saturated carbocycles. The van der Waals surface area contributed by atoms with Crippen LogP contribution in [-0.2, 0) is 17.8 Å². The Balaban J connectivity index is 1.92. The fourth-order valence-electron chi connectivity index (χ4n) is 4.17. The van der Waals surface area contributed by atoms with Crippen molar-refractivity contribution < 1.29 is 19.0 Å². The van der Waals surface area contributed by atoms with Crippen LogP contribution in [0.2, 0.25) is 0 Å². The van der Waals surface area contributed by atoms with Crippen LogP contribution in [0.4, 0.5) is 0 Å². The molecule has 4 nitrogen and oxygen atoms in total. The quantitative estimate of drug-likeness (QED) is 0.470. The first-order chi connectivity index (χ1) is 14.5. The maximum absolute atomic E-state index is 11.7. The number of ether oxygens (including phenoxy) is 3. The molecule has 4 heteroatoms. The van der Waals surface area contributed by atoms with E-state index in [1.54, 1.807) is 6.07 Å². The second-order valence-corrected chi connectivity index (χ2v) is 8.24. The van der Waals surface area contributed by atoms with Gasteiger partial charge in [0.1, 0.15) is 24.4 Å². The summed E-state index contributed by atoms with van der Waals surface area (Å²) in [7, 11) is 0. The Morgan fingerprint density at radius 2 is 1.87 bits per heavy atom. The number of carbonyl (C=O) groups excluding carboxylic acids is 1.